The van der Waals surface area contributed by atoms with Crippen molar-refractivity contribution in [2.75, 3.05) is 5.73 Å². The molecule has 0 aliphatic carbocycles. The Labute approximate surface area is 136 Å². The topological polar surface area (TPSA) is 98.3 Å². The summed E-state index contributed by atoms with van der Waals surface area (Å²) in [6.45, 7) is 0. The molecule has 4 rings (SSSR count). The van der Waals surface area contributed by atoms with Gasteiger partial charge in [-0.2, -0.15) is 0 Å². The van der Waals surface area contributed by atoms with E-state index in [1.807, 2.05) is 0 Å². The lowest BCUT2D eigenvalue weighted by Gasteiger charge is -2.11. The minimum Gasteiger partial charge on any atom is -0.382 e. The zero-order valence-electron chi connectivity index (χ0n) is 12.1. The molecule has 0 spiro atoms. The van der Waals surface area contributed by atoms with Crippen molar-refractivity contribution < 1.29 is 17.6 Å². The second-order valence-corrected chi connectivity index (χ2v) is 4.99. The Bertz CT molecular complexity index is 1080. The van der Waals surface area contributed by atoms with Crippen molar-refractivity contribution in [3.8, 4) is 17.1 Å². The van der Waals surface area contributed by atoms with Crippen LogP contribution < -0.4 is 5.73 Å². The fourth-order valence-electron chi connectivity index (χ4n) is 2.41. The van der Waals surface area contributed by atoms with Gasteiger partial charge in [0.15, 0.2) is 34.7 Å². The normalized spacial score (nSPS) is 11.4. The Morgan fingerprint density at radius 2 is 1.72 bits per heavy atom. The molecular weight excluding hydrogens is 342 g/mol. The van der Waals surface area contributed by atoms with Crippen LogP contribution in [-0.4, -0.2) is 29.5 Å². The van der Waals surface area contributed by atoms with Gasteiger partial charge in [-0.15, -0.1) is 0 Å². The third kappa shape index (κ3) is 2.12. The SMILES string of the molecule is Nc1ncnc2nc(-c3c(F)c(F)c(-n4ccnc4)c(F)c3F)[nH]c12. The summed E-state index contributed by atoms with van der Waals surface area (Å²) in [7, 11) is 0. The van der Waals surface area contributed by atoms with E-state index in [4.69, 9.17) is 5.73 Å². The van der Waals surface area contributed by atoms with E-state index in [9.17, 15) is 17.6 Å². The number of anilines is 1. The van der Waals surface area contributed by atoms with Crippen LogP contribution in [0.1, 0.15) is 0 Å². The maximum atomic E-state index is 14.5. The molecule has 3 heterocycles. The largest absolute Gasteiger partial charge is 0.382 e. The molecule has 7 nitrogen and oxygen atoms in total. The number of hydrogen-bond acceptors (Lipinski definition) is 5. The third-order valence-electron chi connectivity index (χ3n) is 3.56. The first-order chi connectivity index (χ1) is 12.0. The number of aromatic amines is 1. The Morgan fingerprint density at radius 1 is 1.00 bits per heavy atom. The minimum absolute atomic E-state index is 0.000743. The highest BCUT2D eigenvalue weighted by molar-refractivity contribution is 5.84. The molecule has 0 bridgehead atoms. The summed E-state index contributed by atoms with van der Waals surface area (Å²) >= 11 is 0. The van der Waals surface area contributed by atoms with Gasteiger partial charge in [0, 0.05) is 12.4 Å². The number of aromatic nitrogens is 6. The van der Waals surface area contributed by atoms with Gasteiger partial charge in [0.25, 0.3) is 0 Å². The maximum Gasteiger partial charge on any atom is 0.186 e. The van der Waals surface area contributed by atoms with Crippen molar-refractivity contribution in [1.82, 2.24) is 29.5 Å². The van der Waals surface area contributed by atoms with E-state index >= 15 is 0 Å². The number of nitrogens with zero attached hydrogens (tertiary/aromatic N) is 5. The highest BCUT2D eigenvalue weighted by Crippen LogP contribution is 2.33. The molecule has 0 atom stereocenters. The lowest BCUT2D eigenvalue weighted by molar-refractivity contribution is 0.451. The molecule has 0 radical (unpaired) electrons. The number of nitrogens with two attached hydrogens (primary N) is 1. The first-order valence-corrected chi connectivity index (χ1v) is 6.80. The van der Waals surface area contributed by atoms with E-state index in [1.54, 1.807) is 0 Å². The van der Waals surface area contributed by atoms with E-state index in [0.29, 0.717) is 0 Å². The lowest BCUT2D eigenvalue weighted by Crippen LogP contribution is -2.08. The van der Waals surface area contributed by atoms with Crippen molar-refractivity contribution in [3.63, 3.8) is 0 Å². The number of halogens is 4. The van der Waals surface area contributed by atoms with Crippen molar-refractivity contribution in [2.24, 2.45) is 0 Å². The predicted molar refractivity (Wildman–Crippen MR) is 78.5 cm³/mol. The van der Waals surface area contributed by atoms with E-state index in [1.165, 1.54) is 6.20 Å². The number of H-pyrrole nitrogens is 1. The monoisotopic (exact) mass is 349 g/mol. The molecule has 0 saturated carbocycles. The molecule has 0 amide bonds. The molecule has 126 valence electrons. The Hall–Kier alpha value is -3.50. The summed E-state index contributed by atoms with van der Waals surface area (Å²) in [6, 6.07) is 0. The smallest absolute Gasteiger partial charge is 0.186 e. The summed E-state index contributed by atoms with van der Waals surface area (Å²) in [5.74, 6) is -6.91. The van der Waals surface area contributed by atoms with E-state index in [-0.39, 0.29) is 17.0 Å². The molecule has 25 heavy (non-hydrogen) atoms. The predicted octanol–water partition coefficient (Wildman–Crippen LogP) is 2.34. The zero-order chi connectivity index (χ0) is 17.7. The number of benzene rings is 1. The molecule has 4 aromatic rings. The Balaban J connectivity index is 2.01. The van der Waals surface area contributed by atoms with Crippen LogP contribution in [0.4, 0.5) is 23.4 Å². The Morgan fingerprint density at radius 3 is 2.32 bits per heavy atom. The lowest BCUT2D eigenvalue weighted by atomic mass is 10.1. The van der Waals surface area contributed by atoms with Crippen LogP contribution in [0.2, 0.25) is 0 Å². The van der Waals surface area contributed by atoms with Gasteiger partial charge in [-0.3, -0.25) is 0 Å². The number of fused-ring (bicyclic) bond motifs is 1. The van der Waals surface area contributed by atoms with Gasteiger partial charge in [-0.05, 0) is 0 Å². The fraction of sp³-hybridized carbons (Fsp3) is 0. The molecule has 11 heteroatoms. The molecule has 3 N–H and O–H groups in total. The van der Waals surface area contributed by atoms with Gasteiger partial charge in [-0.25, -0.2) is 37.5 Å². The van der Waals surface area contributed by atoms with Gasteiger partial charge < -0.3 is 15.3 Å². The molecule has 1 aromatic carbocycles. The van der Waals surface area contributed by atoms with Crippen LogP contribution in [0.25, 0.3) is 28.2 Å². The van der Waals surface area contributed by atoms with Crippen molar-refractivity contribution in [3.05, 3.63) is 48.3 Å². The van der Waals surface area contributed by atoms with Gasteiger partial charge in [0.05, 0.1) is 11.9 Å². The highest BCUT2D eigenvalue weighted by Gasteiger charge is 2.29. The van der Waals surface area contributed by atoms with Crippen molar-refractivity contribution >= 4 is 17.0 Å². The standard InChI is InChI=1S/C14H7F4N7/c15-6-5(13-23-10-12(19)21-3-22-14(10)24-13)7(16)9(18)11(8(6)17)25-2-1-20-4-25/h1-4H,(H3,19,21,22,23,24). The van der Waals surface area contributed by atoms with Crippen LogP contribution in [0, 0.1) is 23.3 Å². The number of rotatable bonds is 2. The number of imidazole rings is 2. The summed E-state index contributed by atoms with van der Waals surface area (Å²) in [5.41, 5.74) is 3.77. The first-order valence-electron chi connectivity index (χ1n) is 6.80. The van der Waals surface area contributed by atoms with Gasteiger partial charge in [0.1, 0.15) is 23.4 Å². The third-order valence-corrected chi connectivity index (χ3v) is 3.56. The minimum atomic E-state index is -1.62. The van der Waals surface area contributed by atoms with E-state index in [0.717, 1.165) is 23.4 Å². The summed E-state index contributed by atoms with van der Waals surface area (Å²) < 4.78 is 58.5. The number of hydrogen-bond donors (Lipinski definition) is 2. The summed E-state index contributed by atoms with van der Waals surface area (Å²) in [4.78, 5) is 17.4. The van der Waals surface area contributed by atoms with Crippen LogP contribution in [0.5, 0.6) is 0 Å². The molecule has 3 aromatic heterocycles. The maximum absolute atomic E-state index is 14.5. The number of nitrogen functional groups attached to an aromatic ring is 1. The molecular formula is C14H7F4N7. The summed E-state index contributed by atoms with van der Waals surface area (Å²) in [5, 5.41) is 0. The second-order valence-electron chi connectivity index (χ2n) is 4.99. The van der Waals surface area contributed by atoms with Gasteiger partial charge in [-0.1, -0.05) is 0 Å². The molecule has 0 aliphatic rings. The molecule has 0 saturated heterocycles. The highest BCUT2D eigenvalue weighted by atomic mass is 19.2. The zero-order valence-corrected chi connectivity index (χ0v) is 12.1. The van der Waals surface area contributed by atoms with Crippen molar-refractivity contribution in [1.29, 1.82) is 0 Å². The molecule has 0 fully saturated rings. The van der Waals surface area contributed by atoms with Crippen LogP contribution in [-0.2, 0) is 0 Å². The van der Waals surface area contributed by atoms with E-state index in [2.05, 4.69) is 24.9 Å². The Kier molecular flexibility index (Phi) is 3.17. The molecule has 0 unspecified atom stereocenters. The van der Waals surface area contributed by atoms with Crippen molar-refractivity contribution in [2.45, 2.75) is 0 Å². The second kappa shape index (κ2) is 5.26. The van der Waals surface area contributed by atoms with E-state index < -0.39 is 40.3 Å². The van der Waals surface area contributed by atoms with Gasteiger partial charge in [0.2, 0.25) is 0 Å². The van der Waals surface area contributed by atoms with Crippen LogP contribution in [0.3, 0.4) is 0 Å². The van der Waals surface area contributed by atoms with Crippen LogP contribution in [0.15, 0.2) is 25.0 Å². The van der Waals surface area contributed by atoms with Gasteiger partial charge >= 0.3 is 0 Å². The first kappa shape index (κ1) is 15.1. The number of nitrogens with one attached hydrogen (secondary N) is 1. The fourth-order valence-corrected chi connectivity index (χ4v) is 2.41. The van der Waals surface area contributed by atoms with Crippen LogP contribution >= 0.6 is 0 Å². The average Bonchev–Trinajstić information content (AvgIpc) is 3.24. The molecule has 0 aliphatic heterocycles. The summed E-state index contributed by atoms with van der Waals surface area (Å²) in [6.07, 6.45) is 4.47. The quantitative estimate of drug-likeness (QED) is 0.428. The average molecular weight is 349 g/mol.